The lowest BCUT2D eigenvalue weighted by molar-refractivity contribution is -0.137. The summed E-state index contributed by atoms with van der Waals surface area (Å²) < 4.78 is 38.8. The number of hydrogen-bond acceptors (Lipinski definition) is 2. The van der Waals surface area contributed by atoms with Gasteiger partial charge < -0.3 is 5.32 Å². The normalized spacial score (nSPS) is 11.4. The van der Waals surface area contributed by atoms with Crippen LogP contribution in [0.15, 0.2) is 42.5 Å². The molecule has 0 aliphatic rings. The van der Waals surface area contributed by atoms with E-state index < -0.39 is 11.7 Å². The third-order valence-electron chi connectivity index (χ3n) is 2.62. The summed E-state index contributed by atoms with van der Waals surface area (Å²) in [5.74, 6) is 0.567. The fourth-order valence-corrected chi connectivity index (χ4v) is 1.82. The number of hydrogen-bond donors (Lipinski definition) is 1. The van der Waals surface area contributed by atoms with Crippen LogP contribution in [0.5, 0.6) is 0 Å². The van der Waals surface area contributed by atoms with Crippen LogP contribution in [-0.4, -0.2) is 11.5 Å². The zero-order valence-corrected chi connectivity index (χ0v) is 10.3. The highest BCUT2D eigenvalue weighted by Gasteiger charge is 2.33. The minimum Gasteiger partial charge on any atom is -0.370 e. The van der Waals surface area contributed by atoms with Crippen LogP contribution >= 0.6 is 0 Å². The van der Waals surface area contributed by atoms with E-state index in [-0.39, 0.29) is 5.56 Å². The van der Waals surface area contributed by atoms with E-state index in [4.69, 9.17) is 0 Å². The molecule has 0 bridgehead atoms. The van der Waals surface area contributed by atoms with Crippen molar-refractivity contribution in [3.8, 4) is 11.3 Å². The van der Waals surface area contributed by atoms with Crippen LogP contribution in [0.2, 0.25) is 0 Å². The predicted molar refractivity (Wildman–Crippen MR) is 68.8 cm³/mol. The standard InChI is InChI=1S/C14H13F3N2/c1-2-18-13-9-5-8-12(19-13)10-6-3-4-7-11(10)14(15,16)17/h3-9H,2H2,1H3,(H,18,19). The maximum absolute atomic E-state index is 12.9. The molecule has 2 aromatic rings. The molecule has 0 radical (unpaired) electrons. The van der Waals surface area contributed by atoms with Crippen molar-refractivity contribution in [2.45, 2.75) is 13.1 Å². The van der Waals surface area contributed by atoms with Crippen LogP contribution < -0.4 is 5.32 Å². The van der Waals surface area contributed by atoms with Crippen molar-refractivity contribution in [3.63, 3.8) is 0 Å². The molecule has 19 heavy (non-hydrogen) atoms. The Bertz CT molecular complexity index is 565. The van der Waals surface area contributed by atoms with Gasteiger partial charge in [0.2, 0.25) is 0 Å². The molecule has 5 heteroatoms. The van der Waals surface area contributed by atoms with Gasteiger partial charge in [0.05, 0.1) is 11.3 Å². The second-order valence-electron chi connectivity index (χ2n) is 3.98. The van der Waals surface area contributed by atoms with Gasteiger partial charge in [-0.2, -0.15) is 13.2 Å². The first-order valence-corrected chi connectivity index (χ1v) is 5.90. The molecule has 1 aromatic carbocycles. The van der Waals surface area contributed by atoms with E-state index in [2.05, 4.69) is 10.3 Å². The summed E-state index contributed by atoms with van der Waals surface area (Å²) in [6.45, 7) is 2.56. The maximum Gasteiger partial charge on any atom is 0.417 e. The number of aromatic nitrogens is 1. The molecule has 0 amide bonds. The highest BCUT2D eigenvalue weighted by atomic mass is 19.4. The lowest BCUT2D eigenvalue weighted by Gasteiger charge is -2.13. The number of halogens is 3. The predicted octanol–water partition coefficient (Wildman–Crippen LogP) is 4.20. The van der Waals surface area contributed by atoms with Gasteiger partial charge in [-0.15, -0.1) is 0 Å². The van der Waals surface area contributed by atoms with Gasteiger partial charge in [-0.1, -0.05) is 24.3 Å². The van der Waals surface area contributed by atoms with E-state index in [9.17, 15) is 13.2 Å². The lowest BCUT2D eigenvalue weighted by Crippen LogP contribution is -2.07. The highest BCUT2D eigenvalue weighted by molar-refractivity contribution is 5.66. The lowest BCUT2D eigenvalue weighted by atomic mass is 10.0. The van der Waals surface area contributed by atoms with E-state index in [1.807, 2.05) is 6.92 Å². The molecular formula is C14H13F3N2. The summed E-state index contributed by atoms with van der Waals surface area (Å²) >= 11 is 0. The van der Waals surface area contributed by atoms with Crippen molar-refractivity contribution in [2.75, 3.05) is 11.9 Å². The second kappa shape index (κ2) is 5.30. The number of anilines is 1. The van der Waals surface area contributed by atoms with Crippen LogP contribution in [0.1, 0.15) is 12.5 Å². The first kappa shape index (κ1) is 13.4. The fourth-order valence-electron chi connectivity index (χ4n) is 1.82. The Kier molecular flexibility index (Phi) is 3.74. The first-order chi connectivity index (χ1) is 9.02. The molecule has 0 atom stereocenters. The van der Waals surface area contributed by atoms with Gasteiger partial charge in [-0.05, 0) is 25.1 Å². The Morgan fingerprint density at radius 2 is 1.79 bits per heavy atom. The molecule has 0 saturated carbocycles. The largest absolute Gasteiger partial charge is 0.417 e. The summed E-state index contributed by atoms with van der Waals surface area (Å²) in [5, 5.41) is 2.98. The third-order valence-corrected chi connectivity index (χ3v) is 2.62. The molecule has 2 nitrogen and oxygen atoms in total. The maximum atomic E-state index is 12.9. The fraction of sp³-hybridized carbons (Fsp3) is 0.214. The van der Waals surface area contributed by atoms with Gasteiger partial charge in [-0.25, -0.2) is 4.98 Å². The molecule has 0 aliphatic carbocycles. The van der Waals surface area contributed by atoms with Crippen LogP contribution in [0.3, 0.4) is 0 Å². The zero-order chi connectivity index (χ0) is 13.9. The number of alkyl halides is 3. The molecule has 2 rings (SSSR count). The minimum absolute atomic E-state index is 0.0924. The Balaban J connectivity index is 2.50. The van der Waals surface area contributed by atoms with E-state index >= 15 is 0 Å². The Hall–Kier alpha value is -2.04. The molecule has 1 aromatic heterocycles. The number of nitrogens with one attached hydrogen (secondary N) is 1. The van der Waals surface area contributed by atoms with Crippen LogP contribution in [0, 0.1) is 0 Å². The second-order valence-corrected chi connectivity index (χ2v) is 3.98. The van der Waals surface area contributed by atoms with E-state index in [0.29, 0.717) is 18.1 Å². The summed E-state index contributed by atoms with van der Waals surface area (Å²) in [7, 11) is 0. The smallest absolute Gasteiger partial charge is 0.370 e. The van der Waals surface area contributed by atoms with Crippen LogP contribution in [-0.2, 0) is 6.18 Å². The molecule has 0 fully saturated rings. The molecule has 0 saturated heterocycles. The zero-order valence-electron chi connectivity index (χ0n) is 10.3. The monoisotopic (exact) mass is 266 g/mol. The average molecular weight is 266 g/mol. The van der Waals surface area contributed by atoms with Crippen molar-refractivity contribution in [2.24, 2.45) is 0 Å². The molecule has 0 aliphatic heterocycles. The molecule has 1 N–H and O–H groups in total. The summed E-state index contributed by atoms with van der Waals surface area (Å²) in [5.41, 5.74) is -0.266. The van der Waals surface area contributed by atoms with Crippen molar-refractivity contribution >= 4 is 5.82 Å². The molecule has 100 valence electrons. The van der Waals surface area contributed by atoms with Gasteiger partial charge in [-0.3, -0.25) is 0 Å². The molecule has 0 unspecified atom stereocenters. The molecule has 0 spiro atoms. The summed E-state index contributed by atoms with van der Waals surface area (Å²) in [6, 6.07) is 10.4. The van der Waals surface area contributed by atoms with E-state index in [1.54, 1.807) is 24.3 Å². The van der Waals surface area contributed by atoms with Gasteiger partial charge in [0.15, 0.2) is 0 Å². The van der Waals surface area contributed by atoms with Crippen molar-refractivity contribution < 1.29 is 13.2 Å². The Morgan fingerprint density at radius 3 is 2.47 bits per heavy atom. The third kappa shape index (κ3) is 3.05. The average Bonchev–Trinajstić information content (AvgIpc) is 2.38. The summed E-state index contributed by atoms with van der Waals surface area (Å²) in [6.07, 6.45) is -4.38. The van der Waals surface area contributed by atoms with Crippen molar-refractivity contribution in [1.29, 1.82) is 0 Å². The van der Waals surface area contributed by atoms with Crippen LogP contribution in [0.4, 0.5) is 19.0 Å². The van der Waals surface area contributed by atoms with Gasteiger partial charge in [0.25, 0.3) is 0 Å². The minimum atomic E-state index is -4.38. The van der Waals surface area contributed by atoms with Gasteiger partial charge >= 0.3 is 6.18 Å². The topological polar surface area (TPSA) is 24.9 Å². The Labute approximate surface area is 109 Å². The summed E-state index contributed by atoms with van der Waals surface area (Å²) in [4.78, 5) is 4.20. The number of rotatable bonds is 3. The van der Waals surface area contributed by atoms with Crippen molar-refractivity contribution in [1.82, 2.24) is 4.98 Å². The van der Waals surface area contributed by atoms with E-state index in [1.165, 1.54) is 12.1 Å². The van der Waals surface area contributed by atoms with Gasteiger partial charge in [0.1, 0.15) is 5.82 Å². The Morgan fingerprint density at radius 1 is 1.05 bits per heavy atom. The van der Waals surface area contributed by atoms with Crippen LogP contribution in [0.25, 0.3) is 11.3 Å². The number of pyridine rings is 1. The van der Waals surface area contributed by atoms with E-state index in [0.717, 1.165) is 6.07 Å². The number of nitrogens with zero attached hydrogens (tertiary/aromatic N) is 1. The van der Waals surface area contributed by atoms with Crippen molar-refractivity contribution in [3.05, 3.63) is 48.0 Å². The quantitative estimate of drug-likeness (QED) is 0.900. The number of benzene rings is 1. The first-order valence-electron chi connectivity index (χ1n) is 5.90. The molecule has 1 heterocycles. The molecular weight excluding hydrogens is 253 g/mol. The highest BCUT2D eigenvalue weighted by Crippen LogP contribution is 2.36. The SMILES string of the molecule is CCNc1cccc(-c2ccccc2C(F)(F)F)n1. The van der Waals surface area contributed by atoms with Gasteiger partial charge in [0, 0.05) is 12.1 Å².